The highest BCUT2D eigenvalue weighted by Crippen LogP contribution is 2.24. The van der Waals surface area contributed by atoms with Crippen LogP contribution in [0.5, 0.6) is 5.75 Å². The van der Waals surface area contributed by atoms with E-state index in [1.165, 1.54) is 7.11 Å². The van der Waals surface area contributed by atoms with E-state index in [0.29, 0.717) is 11.3 Å². The van der Waals surface area contributed by atoms with Crippen LogP contribution >= 0.6 is 0 Å². The van der Waals surface area contributed by atoms with Crippen LogP contribution in [0, 0.1) is 6.92 Å². The number of rotatable bonds is 4. The van der Waals surface area contributed by atoms with Crippen molar-refractivity contribution in [3.05, 3.63) is 29.3 Å². The molecule has 0 aliphatic carbocycles. The molecule has 0 aliphatic rings. The molecule has 0 heterocycles. The Hall–Kier alpha value is -1.55. The fourth-order valence-corrected chi connectivity index (χ4v) is 1.40. The first-order valence-electron chi connectivity index (χ1n) is 4.98. The van der Waals surface area contributed by atoms with E-state index in [1.54, 1.807) is 19.2 Å². The molecule has 88 valence electrons. The lowest BCUT2D eigenvalue weighted by Gasteiger charge is -2.12. The molecule has 0 radical (unpaired) electrons. The van der Waals surface area contributed by atoms with E-state index in [2.05, 4.69) is 4.74 Å². The number of ether oxygens (including phenoxy) is 2. The van der Waals surface area contributed by atoms with Crippen molar-refractivity contribution >= 4 is 5.97 Å². The topological polar surface area (TPSA) is 55.8 Å². The monoisotopic (exact) mass is 224 g/mol. The third kappa shape index (κ3) is 2.97. The number of benzene rings is 1. The number of esters is 1. The number of aliphatic hydroxyl groups excluding tert-OH is 1. The maximum absolute atomic E-state index is 11.0. The molecule has 0 aliphatic heterocycles. The molecule has 0 bridgehead atoms. The molecule has 0 amide bonds. The Labute approximate surface area is 94.8 Å². The summed E-state index contributed by atoms with van der Waals surface area (Å²) in [4.78, 5) is 11.0. The van der Waals surface area contributed by atoms with Crippen molar-refractivity contribution < 1.29 is 19.4 Å². The molecule has 1 rings (SSSR count). The summed E-state index contributed by atoms with van der Waals surface area (Å²) in [6.07, 6.45) is -0.912. The number of carbonyl (C=O) groups is 1. The molecular weight excluding hydrogens is 208 g/mol. The van der Waals surface area contributed by atoms with Crippen LogP contribution in [0.25, 0.3) is 0 Å². The lowest BCUT2D eigenvalue weighted by molar-refractivity contribution is -0.142. The maximum atomic E-state index is 11.0. The fraction of sp³-hybridized carbons (Fsp3) is 0.417. The van der Waals surface area contributed by atoms with Crippen molar-refractivity contribution in [3.63, 3.8) is 0 Å². The Kier molecular flexibility index (Phi) is 4.31. The molecule has 4 nitrogen and oxygen atoms in total. The number of aliphatic hydroxyl groups is 1. The summed E-state index contributed by atoms with van der Waals surface area (Å²) in [7, 11) is 2.86. The molecule has 0 saturated carbocycles. The number of methoxy groups -OCH3 is 2. The first-order chi connectivity index (χ1) is 7.58. The molecule has 1 N–H and O–H groups in total. The average molecular weight is 224 g/mol. The molecule has 0 saturated heterocycles. The second-order valence-electron chi connectivity index (χ2n) is 3.53. The predicted octanol–water partition coefficient (Wildman–Crippen LogP) is 1.60. The zero-order valence-corrected chi connectivity index (χ0v) is 9.69. The smallest absolute Gasteiger partial charge is 0.308 e. The standard InChI is InChI=1S/C12H16O4/c1-8-4-5-9(6-11(8)15-2)10(13)7-12(14)16-3/h4-6,10,13H,7H2,1-3H3/t10-/m1/s1. The van der Waals surface area contributed by atoms with E-state index in [9.17, 15) is 9.90 Å². The van der Waals surface area contributed by atoms with Gasteiger partial charge in [-0.2, -0.15) is 0 Å². The number of hydrogen-bond acceptors (Lipinski definition) is 4. The van der Waals surface area contributed by atoms with E-state index >= 15 is 0 Å². The van der Waals surface area contributed by atoms with Crippen LogP contribution in [0.15, 0.2) is 18.2 Å². The lowest BCUT2D eigenvalue weighted by atomic mass is 10.0. The highest BCUT2D eigenvalue weighted by atomic mass is 16.5. The minimum Gasteiger partial charge on any atom is -0.496 e. The molecule has 4 heteroatoms. The molecule has 1 aromatic rings. The van der Waals surface area contributed by atoms with Crippen LogP contribution in [0.2, 0.25) is 0 Å². The molecule has 0 unspecified atom stereocenters. The van der Waals surface area contributed by atoms with Crippen LogP contribution in [0.4, 0.5) is 0 Å². The van der Waals surface area contributed by atoms with Gasteiger partial charge in [-0.1, -0.05) is 12.1 Å². The maximum Gasteiger partial charge on any atom is 0.308 e. The van der Waals surface area contributed by atoms with Gasteiger partial charge in [-0.05, 0) is 24.1 Å². The summed E-state index contributed by atoms with van der Waals surface area (Å²) in [6.45, 7) is 1.91. The highest BCUT2D eigenvalue weighted by molar-refractivity contribution is 5.70. The highest BCUT2D eigenvalue weighted by Gasteiger charge is 2.14. The van der Waals surface area contributed by atoms with Gasteiger partial charge in [0.1, 0.15) is 5.75 Å². The van der Waals surface area contributed by atoms with Crippen molar-refractivity contribution in [2.45, 2.75) is 19.4 Å². The lowest BCUT2D eigenvalue weighted by Crippen LogP contribution is -2.08. The van der Waals surface area contributed by atoms with Gasteiger partial charge >= 0.3 is 5.97 Å². The van der Waals surface area contributed by atoms with E-state index in [0.717, 1.165) is 5.56 Å². The van der Waals surface area contributed by atoms with E-state index < -0.39 is 12.1 Å². The van der Waals surface area contributed by atoms with Crippen LogP contribution in [0.1, 0.15) is 23.7 Å². The molecule has 1 aromatic carbocycles. The van der Waals surface area contributed by atoms with Crippen LogP contribution in [0.3, 0.4) is 0 Å². The van der Waals surface area contributed by atoms with Gasteiger partial charge in [0.05, 0.1) is 26.7 Å². The number of aryl methyl sites for hydroxylation is 1. The second kappa shape index (κ2) is 5.51. The summed E-state index contributed by atoms with van der Waals surface area (Å²) >= 11 is 0. The van der Waals surface area contributed by atoms with Crippen LogP contribution in [-0.2, 0) is 9.53 Å². The van der Waals surface area contributed by atoms with Crippen LogP contribution in [-0.4, -0.2) is 25.3 Å². The summed E-state index contributed by atoms with van der Waals surface area (Å²) in [5.41, 5.74) is 1.63. The minimum atomic E-state index is -0.859. The molecule has 0 aromatic heterocycles. The Morgan fingerprint density at radius 1 is 1.44 bits per heavy atom. The third-order valence-electron chi connectivity index (χ3n) is 2.40. The van der Waals surface area contributed by atoms with Gasteiger partial charge in [0.15, 0.2) is 0 Å². The molecule has 0 fully saturated rings. The zero-order valence-electron chi connectivity index (χ0n) is 9.69. The van der Waals surface area contributed by atoms with Crippen molar-refractivity contribution in [2.24, 2.45) is 0 Å². The third-order valence-corrected chi connectivity index (χ3v) is 2.40. The number of hydrogen-bond donors (Lipinski definition) is 1. The first-order valence-corrected chi connectivity index (χ1v) is 4.98. The summed E-state index contributed by atoms with van der Waals surface area (Å²) in [5, 5.41) is 9.78. The van der Waals surface area contributed by atoms with Crippen LogP contribution < -0.4 is 4.74 Å². The predicted molar refractivity (Wildman–Crippen MR) is 59.3 cm³/mol. The Balaban J connectivity index is 2.83. The van der Waals surface area contributed by atoms with Crippen molar-refractivity contribution in [1.82, 2.24) is 0 Å². The van der Waals surface area contributed by atoms with Gasteiger partial charge in [0.2, 0.25) is 0 Å². The van der Waals surface area contributed by atoms with Gasteiger partial charge in [-0.25, -0.2) is 0 Å². The first kappa shape index (κ1) is 12.5. The molecule has 0 spiro atoms. The van der Waals surface area contributed by atoms with Gasteiger partial charge in [0, 0.05) is 0 Å². The molecular formula is C12H16O4. The summed E-state index contributed by atoms with van der Waals surface area (Å²) in [6, 6.07) is 5.34. The Morgan fingerprint density at radius 2 is 2.12 bits per heavy atom. The Morgan fingerprint density at radius 3 is 2.69 bits per heavy atom. The van der Waals surface area contributed by atoms with Gasteiger partial charge in [-0.3, -0.25) is 4.79 Å². The van der Waals surface area contributed by atoms with E-state index in [4.69, 9.17) is 4.74 Å². The van der Waals surface area contributed by atoms with Crippen molar-refractivity contribution in [3.8, 4) is 5.75 Å². The van der Waals surface area contributed by atoms with Crippen molar-refractivity contribution in [1.29, 1.82) is 0 Å². The van der Waals surface area contributed by atoms with E-state index in [1.807, 2.05) is 13.0 Å². The SMILES string of the molecule is COC(=O)C[C@@H](O)c1ccc(C)c(OC)c1. The summed E-state index contributed by atoms with van der Waals surface area (Å²) in [5.74, 6) is 0.258. The quantitative estimate of drug-likeness (QED) is 0.789. The van der Waals surface area contributed by atoms with Gasteiger partial charge in [0.25, 0.3) is 0 Å². The largest absolute Gasteiger partial charge is 0.496 e. The molecule has 1 atom stereocenters. The van der Waals surface area contributed by atoms with Gasteiger partial charge < -0.3 is 14.6 Å². The zero-order chi connectivity index (χ0) is 12.1. The molecule has 16 heavy (non-hydrogen) atoms. The second-order valence-corrected chi connectivity index (χ2v) is 3.53. The number of carbonyl (C=O) groups excluding carboxylic acids is 1. The normalized spacial score (nSPS) is 12.0. The van der Waals surface area contributed by atoms with E-state index in [-0.39, 0.29) is 6.42 Å². The summed E-state index contributed by atoms with van der Waals surface area (Å²) < 4.78 is 9.63. The van der Waals surface area contributed by atoms with Gasteiger partial charge in [-0.15, -0.1) is 0 Å². The fourth-order valence-electron chi connectivity index (χ4n) is 1.40. The Bertz CT molecular complexity index is 373. The minimum absolute atomic E-state index is 0.0529. The average Bonchev–Trinajstić information content (AvgIpc) is 2.29. The van der Waals surface area contributed by atoms with Crippen molar-refractivity contribution in [2.75, 3.05) is 14.2 Å².